The van der Waals surface area contributed by atoms with Gasteiger partial charge in [0.2, 0.25) is 5.91 Å². The number of hydrogen-bond acceptors (Lipinski definition) is 2. The van der Waals surface area contributed by atoms with Gasteiger partial charge in [-0.05, 0) is 30.9 Å². The van der Waals surface area contributed by atoms with Gasteiger partial charge in [-0.3, -0.25) is 9.59 Å². The van der Waals surface area contributed by atoms with Crippen molar-refractivity contribution in [3.05, 3.63) is 34.2 Å². The molecule has 0 radical (unpaired) electrons. The lowest BCUT2D eigenvalue weighted by Crippen LogP contribution is -2.41. The van der Waals surface area contributed by atoms with Gasteiger partial charge in [-0.2, -0.15) is 13.2 Å². The number of amides is 1. The lowest BCUT2D eigenvalue weighted by molar-refractivity contribution is -0.139. The minimum absolute atomic E-state index is 0.316. The van der Waals surface area contributed by atoms with Crippen LogP contribution in [0.2, 0.25) is 0 Å². The molecule has 1 amide bonds. The number of alkyl halides is 3. The van der Waals surface area contributed by atoms with Gasteiger partial charge in [-0.1, -0.05) is 6.92 Å². The van der Waals surface area contributed by atoms with Crippen LogP contribution in [0.1, 0.15) is 25.3 Å². The van der Waals surface area contributed by atoms with Gasteiger partial charge < -0.3 is 9.47 Å². The summed E-state index contributed by atoms with van der Waals surface area (Å²) in [5.74, 6) is 0.230. The molecule has 0 atom stereocenters. The van der Waals surface area contributed by atoms with E-state index in [1.807, 2.05) is 0 Å². The van der Waals surface area contributed by atoms with Crippen LogP contribution in [-0.2, 0) is 17.5 Å². The van der Waals surface area contributed by atoms with Crippen LogP contribution in [0.3, 0.4) is 0 Å². The van der Waals surface area contributed by atoms with Crippen molar-refractivity contribution in [2.24, 2.45) is 5.92 Å². The number of aromatic nitrogens is 1. The second kappa shape index (κ2) is 5.91. The number of pyridine rings is 1. The van der Waals surface area contributed by atoms with Crippen molar-refractivity contribution >= 4 is 5.91 Å². The highest BCUT2D eigenvalue weighted by molar-refractivity contribution is 5.76. The minimum atomic E-state index is -4.70. The Bertz CT molecular complexity index is 572. The number of likely N-dealkylation sites (tertiary alicyclic amines) is 1. The predicted molar refractivity (Wildman–Crippen MR) is 70.7 cm³/mol. The third-order valence-electron chi connectivity index (χ3n) is 3.77. The van der Waals surface area contributed by atoms with Crippen molar-refractivity contribution in [3.8, 4) is 0 Å². The molecule has 0 bridgehead atoms. The van der Waals surface area contributed by atoms with Crippen molar-refractivity contribution in [2.75, 3.05) is 13.1 Å². The van der Waals surface area contributed by atoms with Crippen molar-refractivity contribution in [1.29, 1.82) is 0 Å². The molecular weight excluding hydrogens is 285 g/mol. The fraction of sp³-hybridized carbons (Fsp3) is 0.571. The Kier molecular flexibility index (Phi) is 4.39. The van der Waals surface area contributed by atoms with Crippen LogP contribution in [0.25, 0.3) is 0 Å². The predicted octanol–water partition coefficient (Wildman–Crippen LogP) is 2.13. The Labute approximate surface area is 120 Å². The number of piperidine rings is 1. The molecule has 1 fully saturated rings. The van der Waals surface area contributed by atoms with Crippen molar-refractivity contribution in [2.45, 2.75) is 32.5 Å². The average molecular weight is 302 g/mol. The first kappa shape index (κ1) is 15.6. The SMILES string of the molecule is CC1CCN(C(=O)Cn2cccc(C(F)(F)F)c2=O)CC1. The third-order valence-corrected chi connectivity index (χ3v) is 3.77. The zero-order chi connectivity index (χ0) is 15.6. The second-order valence-electron chi connectivity index (χ2n) is 5.42. The molecule has 0 N–H and O–H groups in total. The quantitative estimate of drug-likeness (QED) is 0.840. The maximum Gasteiger partial charge on any atom is 0.421 e. The Hall–Kier alpha value is -1.79. The molecule has 7 heteroatoms. The first-order chi connectivity index (χ1) is 9.79. The summed E-state index contributed by atoms with van der Waals surface area (Å²) in [6.07, 6.45) is -1.74. The minimum Gasteiger partial charge on any atom is -0.341 e. The molecule has 1 aliphatic heterocycles. The van der Waals surface area contributed by atoms with E-state index in [1.165, 1.54) is 6.20 Å². The first-order valence-electron chi connectivity index (χ1n) is 6.83. The van der Waals surface area contributed by atoms with Crippen LogP contribution in [-0.4, -0.2) is 28.5 Å². The zero-order valence-electron chi connectivity index (χ0n) is 11.7. The van der Waals surface area contributed by atoms with Gasteiger partial charge in [0.15, 0.2) is 0 Å². The highest BCUT2D eigenvalue weighted by Gasteiger charge is 2.34. The van der Waals surface area contributed by atoms with Crippen LogP contribution in [0.4, 0.5) is 13.2 Å². The Morgan fingerprint density at radius 1 is 1.33 bits per heavy atom. The molecule has 0 aromatic carbocycles. The number of nitrogens with zero attached hydrogens (tertiary/aromatic N) is 2. The van der Waals surface area contributed by atoms with Crippen LogP contribution >= 0.6 is 0 Å². The lowest BCUT2D eigenvalue weighted by atomic mass is 9.99. The molecule has 1 saturated heterocycles. The summed E-state index contributed by atoms with van der Waals surface area (Å²) < 4.78 is 38.8. The largest absolute Gasteiger partial charge is 0.421 e. The van der Waals surface area contributed by atoms with E-state index in [4.69, 9.17) is 0 Å². The molecule has 0 unspecified atom stereocenters. The van der Waals surface area contributed by atoms with Gasteiger partial charge >= 0.3 is 6.18 Å². The fourth-order valence-electron chi connectivity index (χ4n) is 2.38. The molecule has 0 aliphatic carbocycles. The van der Waals surface area contributed by atoms with Crippen LogP contribution in [0.5, 0.6) is 0 Å². The van der Waals surface area contributed by atoms with E-state index < -0.39 is 17.3 Å². The van der Waals surface area contributed by atoms with Gasteiger partial charge in [-0.25, -0.2) is 0 Å². The van der Waals surface area contributed by atoms with E-state index in [9.17, 15) is 22.8 Å². The molecule has 2 rings (SSSR count). The van der Waals surface area contributed by atoms with E-state index in [2.05, 4.69) is 6.92 Å². The van der Waals surface area contributed by atoms with Crippen molar-refractivity contribution < 1.29 is 18.0 Å². The van der Waals surface area contributed by atoms with Gasteiger partial charge in [-0.15, -0.1) is 0 Å². The highest BCUT2D eigenvalue weighted by Crippen LogP contribution is 2.26. The Morgan fingerprint density at radius 2 is 1.95 bits per heavy atom. The smallest absolute Gasteiger partial charge is 0.341 e. The Balaban J connectivity index is 2.13. The van der Waals surface area contributed by atoms with E-state index in [0.29, 0.717) is 19.0 Å². The molecule has 1 aromatic heterocycles. The number of halogens is 3. The zero-order valence-corrected chi connectivity index (χ0v) is 11.7. The standard InChI is InChI=1S/C14H17F3N2O2/c1-10-4-7-18(8-5-10)12(20)9-19-6-2-3-11(13(19)21)14(15,16)17/h2-3,6,10H,4-5,7-9H2,1H3. The summed E-state index contributed by atoms with van der Waals surface area (Å²) >= 11 is 0. The number of rotatable bonds is 2. The Morgan fingerprint density at radius 3 is 2.52 bits per heavy atom. The van der Waals surface area contributed by atoms with Gasteiger partial charge in [0.25, 0.3) is 5.56 Å². The summed E-state index contributed by atoms with van der Waals surface area (Å²) in [6, 6.07) is 1.86. The lowest BCUT2D eigenvalue weighted by Gasteiger charge is -2.30. The van der Waals surface area contributed by atoms with E-state index in [0.717, 1.165) is 29.5 Å². The van der Waals surface area contributed by atoms with Gasteiger partial charge in [0.1, 0.15) is 12.1 Å². The summed E-state index contributed by atoms with van der Waals surface area (Å²) in [4.78, 5) is 25.4. The first-order valence-corrected chi connectivity index (χ1v) is 6.83. The van der Waals surface area contributed by atoms with Crippen molar-refractivity contribution in [1.82, 2.24) is 9.47 Å². The van der Waals surface area contributed by atoms with Gasteiger partial charge in [0, 0.05) is 19.3 Å². The maximum absolute atomic E-state index is 12.7. The summed E-state index contributed by atoms with van der Waals surface area (Å²) in [5.41, 5.74) is -2.42. The van der Waals surface area contributed by atoms with E-state index in [1.54, 1.807) is 4.90 Å². The molecule has 1 aliphatic rings. The average Bonchev–Trinajstić information content (AvgIpc) is 2.40. The van der Waals surface area contributed by atoms with E-state index >= 15 is 0 Å². The topological polar surface area (TPSA) is 42.3 Å². The van der Waals surface area contributed by atoms with Crippen molar-refractivity contribution in [3.63, 3.8) is 0 Å². The highest BCUT2D eigenvalue weighted by atomic mass is 19.4. The molecule has 4 nitrogen and oxygen atoms in total. The molecule has 0 spiro atoms. The molecule has 21 heavy (non-hydrogen) atoms. The molecule has 2 heterocycles. The fourth-order valence-corrected chi connectivity index (χ4v) is 2.38. The molecule has 116 valence electrons. The molecular formula is C14H17F3N2O2. The number of hydrogen-bond donors (Lipinski definition) is 0. The number of carbonyl (C=O) groups excluding carboxylic acids is 1. The normalized spacial score (nSPS) is 17.0. The third kappa shape index (κ3) is 3.65. The van der Waals surface area contributed by atoms with Crippen LogP contribution in [0, 0.1) is 5.92 Å². The second-order valence-corrected chi connectivity index (χ2v) is 5.42. The van der Waals surface area contributed by atoms with Crippen LogP contribution in [0.15, 0.2) is 23.1 Å². The van der Waals surface area contributed by atoms with Gasteiger partial charge in [0.05, 0.1) is 0 Å². The molecule has 1 aromatic rings. The summed E-state index contributed by atoms with van der Waals surface area (Å²) in [6.45, 7) is 2.93. The number of carbonyl (C=O) groups is 1. The van der Waals surface area contributed by atoms with E-state index in [-0.39, 0.29) is 12.5 Å². The molecule has 0 saturated carbocycles. The summed E-state index contributed by atoms with van der Waals surface area (Å²) in [5, 5.41) is 0. The summed E-state index contributed by atoms with van der Waals surface area (Å²) in [7, 11) is 0. The maximum atomic E-state index is 12.7. The van der Waals surface area contributed by atoms with Crippen LogP contribution < -0.4 is 5.56 Å². The monoisotopic (exact) mass is 302 g/mol.